The molecule has 0 unspecified atom stereocenters. The van der Waals surface area contributed by atoms with Gasteiger partial charge in [0.25, 0.3) is 0 Å². The normalized spacial score (nSPS) is 11.9. The van der Waals surface area contributed by atoms with Gasteiger partial charge in [-0.25, -0.2) is 0 Å². The number of rotatable bonds is 3. The molecule has 1 heterocycles. The molecule has 0 saturated carbocycles. The maximum absolute atomic E-state index is 3.41. The molecule has 12 heavy (non-hydrogen) atoms. The van der Waals surface area contributed by atoms with Gasteiger partial charge in [0.1, 0.15) is 0 Å². The highest BCUT2D eigenvalue weighted by molar-refractivity contribution is 5.07. The highest BCUT2D eigenvalue weighted by Crippen LogP contribution is 2.10. The predicted octanol–water partition coefficient (Wildman–Crippen LogP) is 2.15. The first-order valence-electron chi connectivity index (χ1n) is 4.40. The summed E-state index contributed by atoms with van der Waals surface area (Å²) in [4.78, 5) is 3.04. The fraction of sp³-hybridized carbons (Fsp3) is 0.600. The van der Waals surface area contributed by atoms with Gasteiger partial charge in [-0.1, -0.05) is 20.8 Å². The molecule has 1 rings (SSSR count). The Hall–Kier alpha value is -0.760. The summed E-state index contributed by atoms with van der Waals surface area (Å²) < 4.78 is 0. The molecular weight excluding hydrogens is 148 g/mol. The zero-order valence-electron chi connectivity index (χ0n) is 8.15. The Morgan fingerprint density at radius 3 is 2.67 bits per heavy atom. The van der Waals surface area contributed by atoms with Crippen molar-refractivity contribution in [2.24, 2.45) is 5.41 Å². The van der Waals surface area contributed by atoms with Crippen LogP contribution in [-0.2, 0) is 6.54 Å². The zero-order chi connectivity index (χ0) is 9.03. The minimum atomic E-state index is 0.371. The molecule has 0 amide bonds. The van der Waals surface area contributed by atoms with Crippen LogP contribution in [0, 0.1) is 5.41 Å². The Kier molecular flexibility index (Phi) is 2.93. The van der Waals surface area contributed by atoms with E-state index in [1.165, 1.54) is 5.56 Å². The van der Waals surface area contributed by atoms with Gasteiger partial charge in [0.15, 0.2) is 0 Å². The van der Waals surface area contributed by atoms with Crippen LogP contribution in [0.5, 0.6) is 0 Å². The first-order chi connectivity index (χ1) is 5.58. The summed E-state index contributed by atoms with van der Waals surface area (Å²) in [5.41, 5.74) is 1.69. The maximum Gasteiger partial charge on any atom is 0.0220 e. The van der Waals surface area contributed by atoms with Crippen molar-refractivity contribution in [3.8, 4) is 0 Å². The highest BCUT2D eigenvalue weighted by Gasteiger charge is 2.08. The van der Waals surface area contributed by atoms with Crippen molar-refractivity contribution in [2.45, 2.75) is 27.3 Å². The molecule has 0 atom stereocenters. The smallest absolute Gasteiger partial charge is 0.0220 e. The molecule has 2 nitrogen and oxygen atoms in total. The first kappa shape index (κ1) is 9.33. The lowest BCUT2D eigenvalue weighted by Gasteiger charge is -2.18. The Labute approximate surface area is 74.4 Å². The van der Waals surface area contributed by atoms with Gasteiger partial charge in [-0.15, -0.1) is 0 Å². The Morgan fingerprint density at radius 2 is 2.17 bits per heavy atom. The molecule has 1 aromatic rings. The van der Waals surface area contributed by atoms with Crippen LogP contribution in [0.25, 0.3) is 0 Å². The Morgan fingerprint density at radius 1 is 1.42 bits per heavy atom. The van der Waals surface area contributed by atoms with Crippen molar-refractivity contribution in [3.63, 3.8) is 0 Å². The van der Waals surface area contributed by atoms with Crippen LogP contribution in [0.2, 0.25) is 0 Å². The molecule has 2 N–H and O–H groups in total. The lowest BCUT2D eigenvalue weighted by atomic mass is 9.97. The molecule has 0 aliphatic heterocycles. The van der Waals surface area contributed by atoms with Crippen molar-refractivity contribution in [2.75, 3.05) is 6.54 Å². The maximum atomic E-state index is 3.41. The molecular formula is C10H18N2. The van der Waals surface area contributed by atoms with Gasteiger partial charge in [-0.05, 0) is 17.0 Å². The molecule has 0 fully saturated rings. The average Bonchev–Trinajstić information content (AvgIpc) is 2.36. The van der Waals surface area contributed by atoms with Gasteiger partial charge >= 0.3 is 0 Å². The summed E-state index contributed by atoms with van der Waals surface area (Å²) in [6, 6.07) is 2.09. The van der Waals surface area contributed by atoms with Crippen molar-refractivity contribution in [1.82, 2.24) is 10.3 Å². The standard InChI is InChI=1S/C10H18N2/c1-10(2,3)8-12-7-9-4-5-11-6-9/h4-6,11-12H,7-8H2,1-3H3. The second-order valence-corrected chi connectivity index (χ2v) is 4.38. The molecule has 0 radical (unpaired) electrons. The van der Waals surface area contributed by atoms with E-state index in [1.54, 1.807) is 0 Å². The summed E-state index contributed by atoms with van der Waals surface area (Å²) in [7, 11) is 0. The van der Waals surface area contributed by atoms with Gasteiger partial charge in [0.05, 0.1) is 0 Å². The molecule has 0 aliphatic carbocycles. The first-order valence-corrected chi connectivity index (χ1v) is 4.40. The number of hydrogen-bond acceptors (Lipinski definition) is 1. The third-order valence-corrected chi connectivity index (χ3v) is 1.65. The van der Waals surface area contributed by atoms with Crippen LogP contribution in [0.4, 0.5) is 0 Å². The van der Waals surface area contributed by atoms with Crippen LogP contribution in [0.1, 0.15) is 26.3 Å². The van der Waals surface area contributed by atoms with Gasteiger partial charge < -0.3 is 10.3 Å². The fourth-order valence-electron chi connectivity index (χ4n) is 1.05. The molecule has 0 bridgehead atoms. The van der Waals surface area contributed by atoms with Gasteiger partial charge in [0, 0.05) is 25.5 Å². The number of hydrogen-bond donors (Lipinski definition) is 2. The van der Waals surface area contributed by atoms with E-state index in [0.29, 0.717) is 5.41 Å². The van der Waals surface area contributed by atoms with Gasteiger partial charge in [-0.2, -0.15) is 0 Å². The largest absolute Gasteiger partial charge is 0.367 e. The van der Waals surface area contributed by atoms with Gasteiger partial charge in [-0.3, -0.25) is 0 Å². The lowest BCUT2D eigenvalue weighted by Crippen LogP contribution is -2.26. The van der Waals surface area contributed by atoms with Crippen LogP contribution >= 0.6 is 0 Å². The van der Waals surface area contributed by atoms with Crippen LogP contribution in [0.3, 0.4) is 0 Å². The predicted molar refractivity (Wildman–Crippen MR) is 52.0 cm³/mol. The van der Waals surface area contributed by atoms with E-state index in [9.17, 15) is 0 Å². The van der Waals surface area contributed by atoms with Crippen LogP contribution in [0.15, 0.2) is 18.5 Å². The number of nitrogens with one attached hydrogen (secondary N) is 2. The topological polar surface area (TPSA) is 27.8 Å². The van der Waals surface area contributed by atoms with E-state index in [-0.39, 0.29) is 0 Å². The number of aromatic amines is 1. The van der Waals surface area contributed by atoms with Crippen LogP contribution in [-0.4, -0.2) is 11.5 Å². The summed E-state index contributed by atoms with van der Waals surface area (Å²) in [6.45, 7) is 8.71. The van der Waals surface area contributed by atoms with E-state index in [0.717, 1.165) is 13.1 Å². The average molecular weight is 166 g/mol. The van der Waals surface area contributed by atoms with E-state index >= 15 is 0 Å². The Bertz CT molecular complexity index is 206. The summed E-state index contributed by atoms with van der Waals surface area (Å²) in [6.07, 6.45) is 3.98. The molecule has 0 spiro atoms. The van der Waals surface area contributed by atoms with Crippen molar-refractivity contribution < 1.29 is 0 Å². The Balaban J connectivity index is 2.20. The highest BCUT2D eigenvalue weighted by atomic mass is 14.9. The third kappa shape index (κ3) is 3.58. The quantitative estimate of drug-likeness (QED) is 0.707. The van der Waals surface area contributed by atoms with E-state index in [1.807, 2.05) is 12.4 Å². The summed E-state index contributed by atoms with van der Waals surface area (Å²) >= 11 is 0. The monoisotopic (exact) mass is 166 g/mol. The third-order valence-electron chi connectivity index (χ3n) is 1.65. The molecule has 0 aromatic carbocycles. The van der Waals surface area contributed by atoms with E-state index in [2.05, 4.69) is 37.1 Å². The lowest BCUT2D eigenvalue weighted by molar-refractivity contribution is 0.379. The molecule has 2 heteroatoms. The van der Waals surface area contributed by atoms with E-state index in [4.69, 9.17) is 0 Å². The zero-order valence-corrected chi connectivity index (χ0v) is 8.15. The van der Waals surface area contributed by atoms with Crippen molar-refractivity contribution in [3.05, 3.63) is 24.0 Å². The molecule has 68 valence electrons. The summed E-state index contributed by atoms with van der Waals surface area (Å²) in [5, 5.41) is 3.41. The van der Waals surface area contributed by atoms with Crippen molar-refractivity contribution in [1.29, 1.82) is 0 Å². The SMILES string of the molecule is CC(C)(C)CNCc1cc[nH]c1. The minimum absolute atomic E-state index is 0.371. The second kappa shape index (κ2) is 3.76. The second-order valence-electron chi connectivity index (χ2n) is 4.38. The molecule has 1 aromatic heterocycles. The summed E-state index contributed by atoms with van der Waals surface area (Å²) in [5.74, 6) is 0. The minimum Gasteiger partial charge on any atom is -0.367 e. The number of aromatic nitrogens is 1. The fourth-order valence-corrected chi connectivity index (χ4v) is 1.05. The molecule has 0 saturated heterocycles. The van der Waals surface area contributed by atoms with E-state index < -0.39 is 0 Å². The van der Waals surface area contributed by atoms with Gasteiger partial charge in [0.2, 0.25) is 0 Å². The van der Waals surface area contributed by atoms with Crippen molar-refractivity contribution >= 4 is 0 Å². The van der Waals surface area contributed by atoms with Crippen LogP contribution < -0.4 is 5.32 Å². The molecule has 0 aliphatic rings. The number of H-pyrrole nitrogens is 1.